The Labute approximate surface area is 101 Å². The molecule has 2 saturated carbocycles. The van der Waals surface area contributed by atoms with Gasteiger partial charge in [0.1, 0.15) is 0 Å². The molecule has 17 heavy (non-hydrogen) atoms. The SMILES string of the molecule is CN([C@H]1CC2CCC(F)(F)C[C@H]2C1)S(C)(=O)=O. The van der Waals surface area contributed by atoms with Crippen molar-refractivity contribution in [2.24, 2.45) is 11.8 Å². The lowest BCUT2D eigenvalue weighted by molar-refractivity contribution is -0.0634. The summed E-state index contributed by atoms with van der Waals surface area (Å²) in [5, 5.41) is 0. The summed E-state index contributed by atoms with van der Waals surface area (Å²) in [6, 6.07) is -0.0890. The molecule has 6 heteroatoms. The van der Waals surface area contributed by atoms with Crippen LogP contribution in [0.2, 0.25) is 0 Å². The fourth-order valence-electron chi connectivity index (χ4n) is 3.23. The molecular formula is C11H19F2NO2S. The zero-order valence-corrected chi connectivity index (χ0v) is 11.0. The molecule has 2 aliphatic carbocycles. The Morgan fingerprint density at radius 3 is 2.41 bits per heavy atom. The quantitative estimate of drug-likeness (QED) is 0.768. The van der Waals surface area contributed by atoms with Crippen LogP contribution in [-0.2, 0) is 10.0 Å². The highest BCUT2D eigenvalue weighted by molar-refractivity contribution is 7.88. The molecule has 0 heterocycles. The molecule has 0 aromatic carbocycles. The average Bonchev–Trinajstić information content (AvgIpc) is 2.55. The molecule has 0 radical (unpaired) electrons. The number of sulfonamides is 1. The van der Waals surface area contributed by atoms with Gasteiger partial charge in [-0.05, 0) is 31.1 Å². The summed E-state index contributed by atoms with van der Waals surface area (Å²) in [5.41, 5.74) is 0. The van der Waals surface area contributed by atoms with Gasteiger partial charge < -0.3 is 0 Å². The molecule has 0 bridgehead atoms. The van der Waals surface area contributed by atoms with Crippen molar-refractivity contribution in [1.82, 2.24) is 4.31 Å². The highest BCUT2D eigenvalue weighted by Crippen LogP contribution is 2.49. The molecule has 2 fully saturated rings. The molecule has 0 N–H and O–H groups in total. The van der Waals surface area contributed by atoms with E-state index >= 15 is 0 Å². The van der Waals surface area contributed by atoms with E-state index in [-0.39, 0.29) is 30.7 Å². The summed E-state index contributed by atoms with van der Waals surface area (Å²) in [5.74, 6) is -2.27. The van der Waals surface area contributed by atoms with Crippen molar-refractivity contribution in [1.29, 1.82) is 0 Å². The van der Waals surface area contributed by atoms with Crippen LogP contribution in [0.1, 0.15) is 32.1 Å². The molecule has 0 aromatic rings. The van der Waals surface area contributed by atoms with E-state index in [0.29, 0.717) is 12.8 Å². The molecule has 0 spiro atoms. The van der Waals surface area contributed by atoms with E-state index in [1.807, 2.05) is 0 Å². The van der Waals surface area contributed by atoms with Crippen LogP contribution >= 0.6 is 0 Å². The lowest BCUT2D eigenvalue weighted by Gasteiger charge is -2.31. The van der Waals surface area contributed by atoms with Gasteiger partial charge in [-0.1, -0.05) is 0 Å². The molecule has 2 aliphatic rings. The first kappa shape index (κ1) is 13.2. The highest BCUT2D eigenvalue weighted by Gasteiger charge is 2.47. The van der Waals surface area contributed by atoms with Gasteiger partial charge in [0, 0.05) is 25.9 Å². The Morgan fingerprint density at radius 2 is 1.82 bits per heavy atom. The van der Waals surface area contributed by atoms with E-state index in [1.54, 1.807) is 7.05 Å². The van der Waals surface area contributed by atoms with Gasteiger partial charge in [-0.2, -0.15) is 0 Å². The van der Waals surface area contributed by atoms with E-state index in [2.05, 4.69) is 0 Å². The van der Waals surface area contributed by atoms with Gasteiger partial charge in [-0.25, -0.2) is 21.5 Å². The molecule has 0 amide bonds. The van der Waals surface area contributed by atoms with Crippen LogP contribution in [0, 0.1) is 11.8 Å². The summed E-state index contributed by atoms with van der Waals surface area (Å²) in [6.45, 7) is 0. The minimum Gasteiger partial charge on any atom is -0.213 e. The fraction of sp³-hybridized carbons (Fsp3) is 1.00. The Hall–Kier alpha value is -0.230. The number of hydrogen-bond acceptors (Lipinski definition) is 2. The molecule has 100 valence electrons. The predicted molar refractivity (Wildman–Crippen MR) is 61.4 cm³/mol. The topological polar surface area (TPSA) is 37.4 Å². The Morgan fingerprint density at radius 1 is 1.24 bits per heavy atom. The van der Waals surface area contributed by atoms with E-state index < -0.39 is 15.9 Å². The predicted octanol–water partition coefficient (Wildman–Crippen LogP) is 2.09. The standard InChI is InChI=1S/C11H19F2NO2S/c1-14(17(2,15)16)10-5-8-3-4-11(12,13)7-9(8)6-10/h8-10H,3-7H2,1-2H3/t8?,9-,10+/m1/s1. The Balaban J connectivity index is 2.05. The summed E-state index contributed by atoms with van der Waals surface area (Å²) in [6.07, 6.45) is 2.93. The van der Waals surface area contributed by atoms with Crippen molar-refractivity contribution < 1.29 is 17.2 Å². The van der Waals surface area contributed by atoms with Crippen LogP contribution in [0.25, 0.3) is 0 Å². The molecule has 0 saturated heterocycles. The molecule has 2 rings (SSSR count). The number of halogens is 2. The van der Waals surface area contributed by atoms with E-state index in [1.165, 1.54) is 10.6 Å². The molecule has 0 aromatic heterocycles. The van der Waals surface area contributed by atoms with Crippen LogP contribution in [0.3, 0.4) is 0 Å². The third kappa shape index (κ3) is 2.78. The molecule has 1 unspecified atom stereocenters. The van der Waals surface area contributed by atoms with Crippen molar-refractivity contribution in [3.63, 3.8) is 0 Å². The monoisotopic (exact) mass is 267 g/mol. The van der Waals surface area contributed by atoms with Gasteiger partial charge in [0.15, 0.2) is 0 Å². The molecule has 0 aliphatic heterocycles. The zero-order valence-electron chi connectivity index (χ0n) is 10.2. The molecular weight excluding hydrogens is 248 g/mol. The summed E-state index contributed by atoms with van der Waals surface area (Å²) in [7, 11) is -1.66. The second kappa shape index (κ2) is 4.16. The maximum atomic E-state index is 13.3. The van der Waals surface area contributed by atoms with Crippen molar-refractivity contribution in [2.45, 2.75) is 44.1 Å². The van der Waals surface area contributed by atoms with Gasteiger partial charge in [0.2, 0.25) is 15.9 Å². The van der Waals surface area contributed by atoms with Crippen LogP contribution in [0.5, 0.6) is 0 Å². The third-order valence-corrected chi connectivity index (χ3v) is 5.64. The summed E-state index contributed by atoms with van der Waals surface area (Å²) < 4.78 is 50.8. The lowest BCUT2D eigenvalue weighted by atomic mass is 9.80. The van der Waals surface area contributed by atoms with Gasteiger partial charge >= 0.3 is 0 Å². The average molecular weight is 267 g/mol. The second-order valence-corrected chi connectivity index (χ2v) is 7.57. The van der Waals surface area contributed by atoms with Crippen LogP contribution in [0.4, 0.5) is 8.78 Å². The highest BCUT2D eigenvalue weighted by atomic mass is 32.2. The minimum atomic E-state index is -3.21. The lowest BCUT2D eigenvalue weighted by Crippen LogP contribution is -2.34. The maximum Gasteiger partial charge on any atom is 0.248 e. The van der Waals surface area contributed by atoms with Gasteiger partial charge in [0.25, 0.3) is 0 Å². The van der Waals surface area contributed by atoms with Crippen LogP contribution in [0.15, 0.2) is 0 Å². The number of alkyl halides is 2. The third-order valence-electron chi connectivity index (χ3n) is 4.30. The first-order chi connectivity index (χ1) is 7.69. The van der Waals surface area contributed by atoms with E-state index in [9.17, 15) is 17.2 Å². The zero-order chi connectivity index (χ0) is 12.8. The summed E-state index contributed by atoms with van der Waals surface area (Å²) >= 11 is 0. The van der Waals surface area contributed by atoms with Crippen molar-refractivity contribution in [3.8, 4) is 0 Å². The van der Waals surface area contributed by atoms with Crippen LogP contribution in [-0.4, -0.2) is 38.0 Å². The van der Waals surface area contributed by atoms with Crippen molar-refractivity contribution in [3.05, 3.63) is 0 Å². The largest absolute Gasteiger partial charge is 0.248 e. The number of rotatable bonds is 2. The smallest absolute Gasteiger partial charge is 0.213 e. The molecule has 3 atom stereocenters. The first-order valence-corrected chi connectivity index (χ1v) is 7.85. The number of hydrogen-bond donors (Lipinski definition) is 0. The number of fused-ring (bicyclic) bond motifs is 1. The Kier molecular flexibility index (Phi) is 3.23. The van der Waals surface area contributed by atoms with Gasteiger partial charge in [-0.15, -0.1) is 0 Å². The first-order valence-electron chi connectivity index (χ1n) is 6.00. The van der Waals surface area contributed by atoms with Gasteiger partial charge in [-0.3, -0.25) is 0 Å². The van der Waals surface area contributed by atoms with Crippen molar-refractivity contribution >= 4 is 10.0 Å². The van der Waals surface area contributed by atoms with Crippen LogP contribution < -0.4 is 0 Å². The fourth-order valence-corrected chi connectivity index (χ4v) is 3.95. The van der Waals surface area contributed by atoms with Gasteiger partial charge in [0.05, 0.1) is 6.26 Å². The summed E-state index contributed by atoms with van der Waals surface area (Å²) in [4.78, 5) is 0. The number of nitrogens with zero attached hydrogens (tertiary/aromatic N) is 1. The maximum absolute atomic E-state index is 13.3. The van der Waals surface area contributed by atoms with E-state index in [0.717, 1.165) is 6.42 Å². The van der Waals surface area contributed by atoms with E-state index in [4.69, 9.17) is 0 Å². The second-order valence-electron chi connectivity index (χ2n) is 5.52. The van der Waals surface area contributed by atoms with Crippen molar-refractivity contribution in [2.75, 3.05) is 13.3 Å². The normalized spacial score (nSPS) is 37.1. The Bertz CT molecular complexity index is 396. The molecule has 3 nitrogen and oxygen atoms in total. The minimum absolute atomic E-state index is 0.00653.